The first kappa shape index (κ1) is 17.2. The molecule has 2 fully saturated rings. The van der Waals surface area contributed by atoms with E-state index in [1.165, 1.54) is 39.0 Å². The molecule has 4 nitrogen and oxygen atoms in total. The van der Waals surface area contributed by atoms with E-state index in [1.54, 1.807) is 0 Å². The number of ether oxygens (including phenoxy) is 1. The lowest BCUT2D eigenvalue weighted by molar-refractivity contribution is -0.0411. The summed E-state index contributed by atoms with van der Waals surface area (Å²) >= 11 is 0. The van der Waals surface area contributed by atoms with Gasteiger partial charge in [-0.15, -0.1) is 0 Å². The molecule has 0 aromatic carbocycles. The summed E-state index contributed by atoms with van der Waals surface area (Å²) in [6, 6.07) is 0.660. The molecule has 0 aromatic heterocycles. The molecule has 2 unspecified atom stereocenters. The maximum atomic E-state index is 5.86. The van der Waals surface area contributed by atoms with Gasteiger partial charge in [-0.2, -0.15) is 0 Å². The summed E-state index contributed by atoms with van der Waals surface area (Å²) in [7, 11) is 2.23. The van der Waals surface area contributed by atoms with Crippen molar-refractivity contribution in [2.24, 2.45) is 11.3 Å². The molecule has 124 valence electrons. The van der Waals surface area contributed by atoms with Crippen LogP contribution >= 0.6 is 0 Å². The Balaban J connectivity index is 1.92. The van der Waals surface area contributed by atoms with Crippen molar-refractivity contribution in [1.29, 1.82) is 0 Å². The second-order valence-corrected chi connectivity index (χ2v) is 7.76. The third-order valence-corrected chi connectivity index (χ3v) is 4.96. The van der Waals surface area contributed by atoms with Gasteiger partial charge in [0.25, 0.3) is 0 Å². The fraction of sp³-hybridized carbons (Fsp3) is 1.00. The molecular formula is C17H35N3O. The zero-order valence-electron chi connectivity index (χ0n) is 14.5. The van der Waals surface area contributed by atoms with E-state index in [0.29, 0.717) is 17.4 Å². The van der Waals surface area contributed by atoms with E-state index < -0.39 is 0 Å². The number of hydrogen-bond donors (Lipinski definition) is 1. The normalized spacial score (nSPS) is 32.7. The minimum Gasteiger partial charge on any atom is -0.381 e. The van der Waals surface area contributed by atoms with Crippen LogP contribution in [0.4, 0.5) is 0 Å². The average molecular weight is 297 g/mol. The predicted molar refractivity (Wildman–Crippen MR) is 88.7 cm³/mol. The molecule has 2 aliphatic heterocycles. The summed E-state index contributed by atoms with van der Waals surface area (Å²) in [5.41, 5.74) is 0.317. The maximum Gasteiger partial charge on any atom is 0.0546 e. The van der Waals surface area contributed by atoms with Crippen molar-refractivity contribution < 1.29 is 4.74 Å². The molecule has 2 aliphatic rings. The molecule has 0 spiro atoms. The number of hydrogen-bond acceptors (Lipinski definition) is 4. The van der Waals surface area contributed by atoms with Crippen molar-refractivity contribution in [3.8, 4) is 0 Å². The van der Waals surface area contributed by atoms with Gasteiger partial charge >= 0.3 is 0 Å². The standard InChI is InChI=1S/C17H35N3O/c1-15(2)10-18-12-17(6-5-9-21-14-17)13-20-8-7-19(4)11-16(20)3/h15-16,18H,5-14H2,1-4H3. The quantitative estimate of drug-likeness (QED) is 0.807. The highest BCUT2D eigenvalue weighted by Crippen LogP contribution is 2.30. The molecule has 0 radical (unpaired) electrons. The fourth-order valence-corrected chi connectivity index (χ4v) is 3.70. The zero-order chi connectivity index (χ0) is 15.3. The second kappa shape index (κ2) is 7.91. The van der Waals surface area contributed by atoms with E-state index in [4.69, 9.17) is 4.74 Å². The van der Waals surface area contributed by atoms with Crippen molar-refractivity contribution in [2.45, 2.75) is 39.7 Å². The molecule has 0 amide bonds. The highest BCUT2D eigenvalue weighted by Gasteiger charge is 2.36. The Labute approximate surface area is 131 Å². The third kappa shape index (κ3) is 5.20. The SMILES string of the molecule is CC(C)CNCC1(CN2CCN(C)CC2C)CCCOC1. The van der Waals surface area contributed by atoms with Crippen LogP contribution in [0.3, 0.4) is 0 Å². The number of nitrogens with one attached hydrogen (secondary N) is 1. The lowest BCUT2D eigenvalue weighted by atomic mass is 9.81. The summed E-state index contributed by atoms with van der Waals surface area (Å²) in [6.45, 7) is 15.8. The highest BCUT2D eigenvalue weighted by atomic mass is 16.5. The summed E-state index contributed by atoms with van der Waals surface area (Å²) in [5, 5.41) is 3.69. The third-order valence-electron chi connectivity index (χ3n) is 4.96. The number of nitrogens with zero attached hydrogens (tertiary/aromatic N) is 2. The van der Waals surface area contributed by atoms with E-state index in [1.807, 2.05) is 0 Å². The summed E-state index contributed by atoms with van der Waals surface area (Å²) in [4.78, 5) is 5.13. The smallest absolute Gasteiger partial charge is 0.0546 e. The Morgan fingerprint density at radius 3 is 2.76 bits per heavy atom. The van der Waals surface area contributed by atoms with Gasteiger partial charge in [-0.25, -0.2) is 0 Å². The Bertz CT molecular complexity index is 302. The summed E-state index contributed by atoms with van der Waals surface area (Å²) in [5.74, 6) is 0.717. The molecule has 2 atom stereocenters. The molecule has 1 N–H and O–H groups in total. The van der Waals surface area contributed by atoms with Crippen molar-refractivity contribution in [3.63, 3.8) is 0 Å². The van der Waals surface area contributed by atoms with Gasteiger partial charge in [0.1, 0.15) is 0 Å². The Morgan fingerprint density at radius 2 is 2.14 bits per heavy atom. The van der Waals surface area contributed by atoms with Crippen LogP contribution in [0, 0.1) is 11.3 Å². The zero-order valence-corrected chi connectivity index (χ0v) is 14.5. The van der Waals surface area contributed by atoms with Crippen LogP contribution < -0.4 is 5.32 Å². The van der Waals surface area contributed by atoms with E-state index in [0.717, 1.165) is 26.3 Å². The van der Waals surface area contributed by atoms with E-state index >= 15 is 0 Å². The minimum absolute atomic E-state index is 0.317. The van der Waals surface area contributed by atoms with Crippen LogP contribution in [0.5, 0.6) is 0 Å². The number of likely N-dealkylation sites (N-methyl/N-ethyl adjacent to an activating group) is 1. The molecule has 0 aliphatic carbocycles. The van der Waals surface area contributed by atoms with E-state index in [2.05, 4.69) is 42.9 Å². The molecule has 0 saturated carbocycles. The lowest BCUT2D eigenvalue weighted by Crippen LogP contribution is -2.57. The fourth-order valence-electron chi connectivity index (χ4n) is 3.70. The first-order valence-electron chi connectivity index (χ1n) is 8.72. The Morgan fingerprint density at radius 1 is 1.33 bits per heavy atom. The van der Waals surface area contributed by atoms with Gasteiger partial charge in [0.15, 0.2) is 0 Å². The van der Waals surface area contributed by atoms with Gasteiger partial charge in [-0.1, -0.05) is 13.8 Å². The molecule has 21 heavy (non-hydrogen) atoms. The van der Waals surface area contributed by atoms with Crippen LogP contribution in [0.15, 0.2) is 0 Å². The maximum absolute atomic E-state index is 5.86. The van der Waals surface area contributed by atoms with Gasteiger partial charge in [-0.3, -0.25) is 4.90 Å². The molecule has 2 saturated heterocycles. The second-order valence-electron chi connectivity index (χ2n) is 7.76. The molecule has 0 aromatic rings. The topological polar surface area (TPSA) is 27.7 Å². The largest absolute Gasteiger partial charge is 0.381 e. The van der Waals surface area contributed by atoms with Crippen molar-refractivity contribution >= 4 is 0 Å². The van der Waals surface area contributed by atoms with Crippen LogP contribution in [0.25, 0.3) is 0 Å². The molecule has 2 rings (SSSR count). The van der Waals surface area contributed by atoms with Gasteiger partial charge in [-0.05, 0) is 39.3 Å². The van der Waals surface area contributed by atoms with Gasteiger partial charge < -0.3 is 15.0 Å². The summed E-state index contributed by atoms with van der Waals surface area (Å²) in [6.07, 6.45) is 2.52. The van der Waals surface area contributed by atoms with Crippen molar-refractivity contribution in [2.75, 3.05) is 59.5 Å². The molecular weight excluding hydrogens is 262 g/mol. The van der Waals surface area contributed by atoms with Crippen LogP contribution in [0.2, 0.25) is 0 Å². The van der Waals surface area contributed by atoms with Crippen molar-refractivity contribution in [3.05, 3.63) is 0 Å². The molecule has 0 bridgehead atoms. The first-order chi connectivity index (χ1) is 10.0. The Hall–Kier alpha value is -0.160. The lowest BCUT2D eigenvalue weighted by Gasteiger charge is -2.46. The Kier molecular flexibility index (Phi) is 6.48. The van der Waals surface area contributed by atoms with Gasteiger partial charge in [0.05, 0.1) is 6.61 Å². The monoisotopic (exact) mass is 297 g/mol. The van der Waals surface area contributed by atoms with Crippen molar-refractivity contribution in [1.82, 2.24) is 15.1 Å². The minimum atomic E-state index is 0.317. The summed E-state index contributed by atoms with van der Waals surface area (Å²) < 4.78 is 5.86. The molecule has 4 heteroatoms. The number of rotatable bonds is 6. The van der Waals surface area contributed by atoms with Gasteiger partial charge in [0.2, 0.25) is 0 Å². The highest BCUT2D eigenvalue weighted by molar-refractivity contribution is 4.90. The average Bonchev–Trinajstić information content (AvgIpc) is 2.43. The number of piperazine rings is 1. The van der Waals surface area contributed by atoms with Crippen LogP contribution in [0.1, 0.15) is 33.6 Å². The van der Waals surface area contributed by atoms with Crippen LogP contribution in [-0.4, -0.2) is 75.4 Å². The predicted octanol–water partition coefficient (Wildman–Crippen LogP) is 1.66. The molecule has 2 heterocycles. The first-order valence-corrected chi connectivity index (χ1v) is 8.72. The van der Waals surface area contributed by atoms with E-state index in [-0.39, 0.29) is 0 Å². The van der Waals surface area contributed by atoms with Crippen LogP contribution in [-0.2, 0) is 4.74 Å². The van der Waals surface area contributed by atoms with Gasteiger partial charge in [0, 0.05) is 50.8 Å². The van der Waals surface area contributed by atoms with E-state index in [9.17, 15) is 0 Å².